The predicted octanol–water partition coefficient (Wildman–Crippen LogP) is 10.4. The first kappa shape index (κ1) is 46.2. The minimum absolute atomic E-state index is 0.0690. The number of aromatic nitrogens is 2. The van der Waals surface area contributed by atoms with Gasteiger partial charge in [0.1, 0.15) is 35.2 Å². The van der Waals surface area contributed by atoms with E-state index in [1.165, 1.54) is 17.4 Å². The van der Waals surface area contributed by atoms with E-state index in [9.17, 15) is 19.0 Å². The first-order valence-electron chi connectivity index (χ1n) is 23.2. The number of amides is 1. The van der Waals surface area contributed by atoms with Gasteiger partial charge in [-0.25, -0.2) is 14.4 Å². The van der Waals surface area contributed by atoms with E-state index < -0.39 is 42.4 Å². The number of nitrogens with one attached hydrogen (secondary N) is 1. The second kappa shape index (κ2) is 19.6. The Kier molecular flexibility index (Phi) is 14.1. The van der Waals surface area contributed by atoms with E-state index in [1.807, 2.05) is 43.5 Å². The normalized spacial score (nSPS) is 25.6. The summed E-state index contributed by atoms with van der Waals surface area (Å²) in [6.07, 6.45) is 8.16. The Hall–Kier alpha value is -4.39. The molecule has 6 atom stereocenters. The van der Waals surface area contributed by atoms with E-state index >= 15 is 9.18 Å². The van der Waals surface area contributed by atoms with Gasteiger partial charge in [0.2, 0.25) is 13.3 Å². The topological polar surface area (TPSA) is 157 Å². The van der Waals surface area contributed by atoms with Gasteiger partial charge >= 0.3 is 5.97 Å². The molecule has 2 aliphatic carbocycles. The fourth-order valence-electron chi connectivity index (χ4n) is 10.3. The van der Waals surface area contributed by atoms with Crippen molar-refractivity contribution < 1.29 is 42.4 Å². The third-order valence-corrected chi connectivity index (χ3v) is 17.6. The number of benzene rings is 2. The first-order valence-corrected chi connectivity index (χ1v) is 25.9. The number of aryl methyl sites for hydroxylation is 1. The molecule has 15 heteroatoms. The van der Waals surface area contributed by atoms with E-state index in [-0.39, 0.29) is 67.3 Å². The lowest BCUT2D eigenvalue weighted by atomic mass is 9.94. The molecule has 1 unspecified atom stereocenters. The quantitative estimate of drug-likeness (QED) is 0.103. The van der Waals surface area contributed by atoms with Crippen molar-refractivity contribution in [2.45, 2.75) is 153 Å². The predicted molar refractivity (Wildman–Crippen MR) is 247 cm³/mol. The maximum Gasteiger partial charge on any atom is 0.306 e. The van der Waals surface area contributed by atoms with Crippen LogP contribution in [-0.4, -0.2) is 80.5 Å². The summed E-state index contributed by atoms with van der Waals surface area (Å²) in [6.45, 7) is 5.88. The summed E-state index contributed by atoms with van der Waals surface area (Å²) < 4.78 is 48.3. The van der Waals surface area contributed by atoms with Crippen LogP contribution in [0.25, 0.3) is 22.3 Å². The Bertz CT molecular complexity index is 2380. The number of pyridine rings is 1. The zero-order valence-electron chi connectivity index (χ0n) is 37.5. The SMILES string of the molecule is COc1ccc2c(O[C@@H]3C[C@H]4C(=O)C[C@]5(P(=O)(O)Cc6c(C)cccc6F)C[C@@H]5CCCCCCC[C@H](CC(=O)OC5CCCC5)C(=O)N4C3)cc(-c3csc(NC(C)C)n3)nc2c1. The molecule has 8 rings (SSSR count). The molecule has 2 saturated carbocycles. The van der Waals surface area contributed by atoms with Crippen molar-refractivity contribution in [3.63, 3.8) is 0 Å². The number of fused-ring (bicyclic) bond motifs is 3. The van der Waals surface area contributed by atoms with E-state index in [1.54, 1.807) is 31.1 Å². The van der Waals surface area contributed by atoms with Crippen LogP contribution in [0.2, 0.25) is 0 Å². The number of ketones is 1. The third-order valence-electron chi connectivity index (χ3n) is 13.9. The number of thiazole rings is 1. The lowest BCUT2D eigenvalue weighted by Gasteiger charge is -2.30. The zero-order chi connectivity index (χ0) is 45.2. The van der Waals surface area contributed by atoms with E-state index in [0.29, 0.717) is 58.6 Å². The number of hydrogen-bond acceptors (Lipinski definition) is 11. The molecule has 4 aromatic rings. The van der Waals surface area contributed by atoms with Crippen LogP contribution in [-0.2, 0) is 29.8 Å². The van der Waals surface area contributed by atoms with Crippen molar-refractivity contribution in [2.75, 3.05) is 19.0 Å². The van der Waals surface area contributed by atoms with Gasteiger partial charge in [-0.05, 0) is 95.4 Å². The number of hydrogen-bond donors (Lipinski definition) is 2. The average molecular weight is 917 g/mol. The molecule has 12 nitrogen and oxygen atoms in total. The summed E-state index contributed by atoms with van der Waals surface area (Å²) in [7, 11) is -2.59. The highest BCUT2D eigenvalue weighted by molar-refractivity contribution is 7.59. The monoisotopic (exact) mass is 916 g/mol. The van der Waals surface area contributed by atoms with Crippen LogP contribution in [0.1, 0.15) is 121 Å². The Morgan fingerprint density at radius 3 is 2.50 bits per heavy atom. The number of methoxy groups -OCH3 is 1. The minimum Gasteiger partial charge on any atom is -0.497 e. The van der Waals surface area contributed by atoms with Crippen LogP contribution in [0.5, 0.6) is 11.5 Å². The molecule has 2 saturated heterocycles. The van der Waals surface area contributed by atoms with Crippen molar-refractivity contribution in [1.82, 2.24) is 14.9 Å². The highest BCUT2D eigenvalue weighted by Gasteiger charge is 2.65. The molecule has 0 radical (unpaired) electrons. The maximum atomic E-state index is 15.2. The number of anilines is 1. The minimum atomic E-state index is -4.18. The van der Waals surface area contributed by atoms with Crippen LogP contribution in [0.15, 0.2) is 47.8 Å². The summed E-state index contributed by atoms with van der Waals surface area (Å²) in [4.78, 5) is 66.9. The fourth-order valence-corrected chi connectivity index (χ4v) is 13.9. The largest absolute Gasteiger partial charge is 0.497 e. The van der Waals surface area contributed by atoms with Gasteiger partial charge in [0, 0.05) is 53.3 Å². The summed E-state index contributed by atoms with van der Waals surface area (Å²) in [6, 6.07) is 11.2. The molecular weight excluding hydrogens is 855 g/mol. The van der Waals surface area contributed by atoms with Gasteiger partial charge in [-0.3, -0.25) is 18.9 Å². The third kappa shape index (κ3) is 10.2. The number of rotatable bonds is 12. The smallest absolute Gasteiger partial charge is 0.306 e. The van der Waals surface area contributed by atoms with Crippen LogP contribution in [0.3, 0.4) is 0 Å². The Morgan fingerprint density at radius 1 is 1.00 bits per heavy atom. The van der Waals surface area contributed by atoms with Crippen molar-refractivity contribution in [1.29, 1.82) is 0 Å². The highest BCUT2D eigenvalue weighted by atomic mass is 32.1. The number of Topliss-reactive ketones (excluding diaryl/α,β-unsaturated/α-hetero) is 1. The van der Waals surface area contributed by atoms with Crippen molar-refractivity contribution in [3.8, 4) is 22.9 Å². The number of nitrogens with zero attached hydrogens (tertiary/aromatic N) is 3. The number of ether oxygens (including phenoxy) is 3. The summed E-state index contributed by atoms with van der Waals surface area (Å²) in [5.41, 5.74) is 2.63. The molecule has 4 aliphatic rings. The number of carbonyl (C=O) groups is 3. The Labute approximate surface area is 379 Å². The number of halogens is 1. The Morgan fingerprint density at radius 2 is 1.75 bits per heavy atom. The van der Waals surface area contributed by atoms with Crippen molar-refractivity contribution in [3.05, 3.63) is 64.8 Å². The molecule has 2 aromatic heterocycles. The molecule has 2 aliphatic heterocycles. The van der Waals surface area contributed by atoms with Gasteiger partial charge in [0.25, 0.3) is 0 Å². The molecule has 4 heterocycles. The standard InChI is InChI=1S/C49H62FN4O8PS/c1-30(2)51-48-53-42(29-64-48)41-24-45(37-20-19-35(60-4)22-40(37)52-41)61-36-23-43-44(55)26-49(63(58,59)28-38-31(3)13-12-18-39(38)50)25-33(49)15-9-7-5-6-8-14-32(47(57)54(43)27-36)21-46(56)62-34-16-10-11-17-34/h12-13,18-20,22,24,29-30,32-34,36,43H,5-11,14-17,21,23,25-28H2,1-4H3,(H,51,53)(H,58,59)/t32-,33+,36-,43+,49-/m1/s1. The highest BCUT2D eigenvalue weighted by Crippen LogP contribution is 2.75. The second-order valence-corrected chi connectivity index (χ2v) is 22.4. The maximum absolute atomic E-state index is 15.2. The van der Waals surface area contributed by atoms with Gasteiger partial charge in [0.15, 0.2) is 10.9 Å². The fraction of sp³-hybridized carbons (Fsp3) is 0.571. The molecule has 2 N–H and O–H groups in total. The molecular formula is C49H62FN4O8PS. The van der Waals surface area contributed by atoms with E-state index in [2.05, 4.69) is 5.32 Å². The van der Waals surface area contributed by atoms with Crippen molar-refractivity contribution >= 4 is 52.4 Å². The molecule has 344 valence electrons. The molecule has 4 fully saturated rings. The summed E-state index contributed by atoms with van der Waals surface area (Å²) >= 11 is 1.47. The van der Waals surface area contributed by atoms with Gasteiger partial charge in [0.05, 0.1) is 48.6 Å². The van der Waals surface area contributed by atoms with Gasteiger partial charge < -0.3 is 29.3 Å². The lowest BCUT2D eigenvalue weighted by Crippen LogP contribution is -2.45. The van der Waals surface area contributed by atoms with Crippen LogP contribution in [0.4, 0.5) is 9.52 Å². The number of carbonyl (C=O) groups excluding carboxylic acids is 3. The Balaban J connectivity index is 1.13. The zero-order valence-corrected chi connectivity index (χ0v) is 39.2. The summed E-state index contributed by atoms with van der Waals surface area (Å²) in [5, 5.41) is 5.51. The van der Waals surface area contributed by atoms with Gasteiger partial charge in [-0.1, -0.05) is 44.2 Å². The first-order chi connectivity index (χ1) is 30.7. The van der Waals surface area contributed by atoms with E-state index in [0.717, 1.165) is 62.9 Å². The van der Waals surface area contributed by atoms with Crippen LogP contribution in [0, 0.1) is 24.6 Å². The second-order valence-electron chi connectivity index (χ2n) is 18.9. The average Bonchev–Trinajstić information content (AvgIpc) is 3.67. The molecule has 2 aromatic carbocycles. The molecule has 0 bridgehead atoms. The van der Waals surface area contributed by atoms with Gasteiger partial charge in [-0.15, -0.1) is 11.3 Å². The van der Waals surface area contributed by atoms with Crippen LogP contribution >= 0.6 is 18.7 Å². The van der Waals surface area contributed by atoms with E-state index in [4.69, 9.17) is 24.2 Å². The lowest BCUT2D eigenvalue weighted by molar-refractivity contribution is -0.154. The van der Waals surface area contributed by atoms with Gasteiger partial charge in [-0.2, -0.15) is 0 Å². The number of esters is 1. The van der Waals surface area contributed by atoms with Crippen LogP contribution < -0.4 is 14.8 Å². The summed E-state index contributed by atoms with van der Waals surface area (Å²) in [5.74, 6) is -1.34. The van der Waals surface area contributed by atoms with Crippen molar-refractivity contribution in [2.24, 2.45) is 11.8 Å². The molecule has 64 heavy (non-hydrogen) atoms. The molecule has 0 spiro atoms. The molecule has 1 amide bonds.